The summed E-state index contributed by atoms with van der Waals surface area (Å²) in [5.74, 6) is -4.16. The molecule has 0 saturated carbocycles. The third-order valence-electron chi connectivity index (χ3n) is 2.19. The van der Waals surface area contributed by atoms with Gasteiger partial charge in [0.25, 0.3) is 0 Å². The lowest BCUT2D eigenvalue weighted by atomic mass is 10.1. The van der Waals surface area contributed by atoms with Crippen LogP contribution in [0, 0.1) is 17.0 Å². The highest BCUT2D eigenvalue weighted by Crippen LogP contribution is 2.22. The molecule has 0 aliphatic rings. The van der Waals surface area contributed by atoms with Crippen molar-refractivity contribution in [3.05, 3.63) is 29.3 Å². The van der Waals surface area contributed by atoms with Crippen LogP contribution in [0.1, 0.15) is 19.4 Å². The van der Waals surface area contributed by atoms with Gasteiger partial charge in [0.15, 0.2) is 5.82 Å². The van der Waals surface area contributed by atoms with Gasteiger partial charge in [-0.15, -0.1) is 0 Å². The predicted molar refractivity (Wildman–Crippen MR) is 60.9 cm³/mol. The Morgan fingerprint density at radius 1 is 1.39 bits per heavy atom. The molecule has 0 fully saturated rings. The Labute approximate surface area is 103 Å². The summed E-state index contributed by atoms with van der Waals surface area (Å²) in [6, 6.07) is 1.58. The van der Waals surface area contributed by atoms with Crippen LogP contribution in [0.15, 0.2) is 12.1 Å². The fourth-order valence-electron chi connectivity index (χ4n) is 1.11. The van der Waals surface area contributed by atoms with Crippen molar-refractivity contribution in [2.45, 2.75) is 19.1 Å². The molecule has 0 unspecified atom stereocenters. The van der Waals surface area contributed by atoms with E-state index in [4.69, 9.17) is 5.41 Å². The van der Waals surface area contributed by atoms with Crippen molar-refractivity contribution >= 4 is 21.6 Å². The average Bonchev–Trinajstić information content (AvgIpc) is 2.21. The lowest BCUT2D eigenvalue weighted by Gasteiger charge is -2.15. The lowest BCUT2D eigenvalue weighted by Crippen LogP contribution is -2.25. The number of benzene rings is 1. The molecule has 2 N–H and O–H groups in total. The van der Waals surface area contributed by atoms with Crippen LogP contribution in [-0.4, -0.2) is 19.6 Å². The highest BCUT2D eigenvalue weighted by molar-refractivity contribution is 7.93. The van der Waals surface area contributed by atoms with Crippen LogP contribution < -0.4 is 9.83 Å². The van der Waals surface area contributed by atoms with Crippen LogP contribution in [0.2, 0.25) is 0 Å². The summed E-state index contributed by atoms with van der Waals surface area (Å²) < 4.78 is 51.7. The van der Waals surface area contributed by atoms with Gasteiger partial charge in [-0.25, -0.2) is 17.2 Å². The Kier molecular flexibility index (Phi) is 3.90. The summed E-state index contributed by atoms with van der Waals surface area (Å²) in [5, 5.41) is 16.6. The number of nitrogens with one attached hydrogen (secondary N) is 2. The van der Waals surface area contributed by atoms with Gasteiger partial charge in [-0.2, -0.15) is 0 Å². The van der Waals surface area contributed by atoms with Gasteiger partial charge < -0.3 is 10.5 Å². The molecular formula is C10H11F2N2O3S-. The maximum Gasteiger partial charge on any atom is 0.235 e. The fourth-order valence-corrected chi connectivity index (χ4v) is 1.81. The molecule has 0 aliphatic carbocycles. The van der Waals surface area contributed by atoms with E-state index in [1.165, 1.54) is 13.8 Å². The van der Waals surface area contributed by atoms with Crippen molar-refractivity contribution in [2.24, 2.45) is 0 Å². The maximum absolute atomic E-state index is 13.7. The highest BCUT2D eigenvalue weighted by atomic mass is 32.2. The van der Waals surface area contributed by atoms with Crippen LogP contribution >= 0.6 is 0 Å². The number of sulfonamides is 1. The van der Waals surface area contributed by atoms with E-state index in [1.54, 1.807) is 0 Å². The minimum absolute atomic E-state index is 0.555. The molecule has 0 amide bonds. The van der Waals surface area contributed by atoms with Gasteiger partial charge in [0.05, 0.1) is 16.5 Å². The van der Waals surface area contributed by atoms with Crippen LogP contribution in [0.3, 0.4) is 0 Å². The monoisotopic (exact) mass is 277 g/mol. The molecule has 1 rings (SSSR count). The number of halogens is 2. The van der Waals surface area contributed by atoms with Crippen molar-refractivity contribution in [3.8, 4) is 0 Å². The van der Waals surface area contributed by atoms with E-state index in [0.717, 1.165) is 12.1 Å². The van der Waals surface area contributed by atoms with Gasteiger partial charge >= 0.3 is 0 Å². The average molecular weight is 277 g/mol. The van der Waals surface area contributed by atoms with E-state index in [-0.39, 0.29) is 0 Å². The van der Waals surface area contributed by atoms with Crippen LogP contribution in [0.25, 0.3) is 0 Å². The first-order chi connectivity index (χ1) is 8.16. The van der Waals surface area contributed by atoms with Crippen LogP contribution in [0.5, 0.6) is 0 Å². The van der Waals surface area contributed by atoms with Gasteiger partial charge in [0, 0.05) is 0 Å². The summed E-state index contributed by atoms with van der Waals surface area (Å²) in [4.78, 5) is 0. The molecular weight excluding hydrogens is 266 g/mol. The molecule has 0 bridgehead atoms. The minimum atomic E-state index is -3.81. The molecule has 1 aromatic carbocycles. The maximum atomic E-state index is 13.7. The zero-order valence-electron chi connectivity index (χ0n) is 9.62. The second-order valence-corrected chi connectivity index (χ2v) is 6.05. The molecule has 0 atom stereocenters. The molecule has 0 aliphatic heterocycles. The summed E-state index contributed by atoms with van der Waals surface area (Å²) >= 11 is 0. The SMILES string of the molecule is CC(C)S(=O)(=O)Nc1ccc(F)c(C(=N)[O-])c1F. The Balaban J connectivity index is 3.29. The molecule has 100 valence electrons. The topological polar surface area (TPSA) is 93.1 Å². The van der Waals surface area contributed by atoms with E-state index in [2.05, 4.69) is 0 Å². The Hall–Kier alpha value is -1.70. The third kappa shape index (κ3) is 2.76. The van der Waals surface area contributed by atoms with Crippen molar-refractivity contribution in [2.75, 3.05) is 4.72 Å². The summed E-state index contributed by atoms with van der Waals surface area (Å²) in [6.07, 6.45) is 0. The van der Waals surface area contributed by atoms with Crippen molar-refractivity contribution in [3.63, 3.8) is 0 Å². The second kappa shape index (κ2) is 4.89. The molecule has 18 heavy (non-hydrogen) atoms. The van der Waals surface area contributed by atoms with Crippen molar-refractivity contribution in [1.82, 2.24) is 0 Å². The van der Waals surface area contributed by atoms with Crippen molar-refractivity contribution < 1.29 is 22.3 Å². The van der Waals surface area contributed by atoms with Gasteiger partial charge in [-0.05, 0) is 31.9 Å². The smallest absolute Gasteiger partial charge is 0.235 e. The van der Waals surface area contributed by atoms with Gasteiger partial charge in [0.1, 0.15) is 5.82 Å². The zero-order chi connectivity index (χ0) is 14.1. The summed E-state index contributed by atoms with van der Waals surface area (Å²) in [5.41, 5.74) is -1.64. The lowest BCUT2D eigenvalue weighted by molar-refractivity contribution is -0.215. The minimum Gasteiger partial charge on any atom is -0.859 e. The van der Waals surface area contributed by atoms with Gasteiger partial charge in [-0.1, -0.05) is 0 Å². The molecule has 0 radical (unpaired) electrons. The summed E-state index contributed by atoms with van der Waals surface area (Å²) in [7, 11) is -3.81. The Bertz CT molecular complexity index is 585. The summed E-state index contributed by atoms with van der Waals surface area (Å²) in [6.45, 7) is 2.75. The van der Waals surface area contributed by atoms with Gasteiger partial charge in [-0.3, -0.25) is 4.72 Å². The van der Waals surface area contributed by atoms with E-state index < -0.39 is 44.1 Å². The molecule has 0 saturated heterocycles. The number of hydrogen-bond acceptors (Lipinski definition) is 4. The fraction of sp³-hybridized carbons (Fsp3) is 0.300. The third-order valence-corrected chi connectivity index (χ3v) is 3.94. The van der Waals surface area contributed by atoms with Gasteiger partial charge in [0.2, 0.25) is 10.0 Å². The molecule has 0 spiro atoms. The quantitative estimate of drug-likeness (QED) is 0.629. The predicted octanol–water partition coefficient (Wildman–Crippen LogP) is 0.801. The molecule has 5 nitrogen and oxygen atoms in total. The van der Waals surface area contributed by atoms with E-state index in [9.17, 15) is 22.3 Å². The Morgan fingerprint density at radius 3 is 2.39 bits per heavy atom. The normalized spacial score (nSPS) is 11.6. The van der Waals surface area contributed by atoms with Crippen molar-refractivity contribution in [1.29, 1.82) is 5.41 Å². The van der Waals surface area contributed by atoms with E-state index >= 15 is 0 Å². The first-order valence-electron chi connectivity index (χ1n) is 4.92. The Morgan fingerprint density at radius 2 is 1.94 bits per heavy atom. The molecule has 0 heterocycles. The first kappa shape index (κ1) is 14.4. The second-order valence-electron chi connectivity index (χ2n) is 3.81. The number of hydrogen-bond donors (Lipinski definition) is 2. The largest absolute Gasteiger partial charge is 0.859 e. The molecule has 0 aromatic heterocycles. The first-order valence-corrected chi connectivity index (χ1v) is 6.47. The molecule has 8 heteroatoms. The van der Waals surface area contributed by atoms with E-state index in [1.807, 2.05) is 4.72 Å². The number of rotatable bonds is 4. The van der Waals surface area contributed by atoms with Crippen LogP contribution in [-0.2, 0) is 10.0 Å². The molecule has 1 aromatic rings. The number of anilines is 1. The zero-order valence-corrected chi connectivity index (χ0v) is 10.4. The standard InChI is InChI=1S/C10H12F2N2O3S/c1-5(2)18(16,17)14-7-4-3-6(11)8(9(7)12)10(13)15/h3-5,14H,1-2H3,(H2,13,15)/p-1. The van der Waals surface area contributed by atoms with E-state index in [0.29, 0.717) is 0 Å². The highest BCUT2D eigenvalue weighted by Gasteiger charge is 2.20. The van der Waals surface area contributed by atoms with Crippen LogP contribution in [0.4, 0.5) is 14.5 Å².